The van der Waals surface area contributed by atoms with Gasteiger partial charge in [-0.15, -0.1) is 0 Å². The van der Waals surface area contributed by atoms with E-state index in [2.05, 4.69) is 39.8 Å². The van der Waals surface area contributed by atoms with Gasteiger partial charge in [-0.2, -0.15) is 15.1 Å². The van der Waals surface area contributed by atoms with E-state index in [0.29, 0.717) is 42.0 Å². The van der Waals surface area contributed by atoms with Crippen molar-refractivity contribution in [2.75, 3.05) is 10.6 Å². The standard InChI is InChI=1S/C27H34N8O/c1-5-6-7-8-12-17-34-23-21(30-26(34)35-18-13-16-29-35)22(31-24(36)27(2,3)4)32-25(33-23)28-19-20-14-10-9-11-15-20/h6-7,9-11,13-16,18H,5,8,12,17,19H2,1-4H3,(H2,28,31,32,33,36). The molecule has 0 fully saturated rings. The number of unbranched alkanes of at least 4 members (excludes halogenated alkanes) is 1. The van der Waals surface area contributed by atoms with Gasteiger partial charge in [-0.25, -0.2) is 9.67 Å². The summed E-state index contributed by atoms with van der Waals surface area (Å²) >= 11 is 0. The normalized spacial score (nSPS) is 11.9. The van der Waals surface area contributed by atoms with E-state index in [4.69, 9.17) is 9.97 Å². The van der Waals surface area contributed by atoms with Crippen LogP contribution in [0.5, 0.6) is 0 Å². The molecule has 2 N–H and O–H groups in total. The van der Waals surface area contributed by atoms with E-state index >= 15 is 0 Å². The molecule has 0 saturated heterocycles. The van der Waals surface area contributed by atoms with Crippen LogP contribution in [0.3, 0.4) is 0 Å². The van der Waals surface area contributed by atoms with Crippen molar-refractivity contribution in [3.63, 3.8) is 0 Å². The summed E-state index contributed by atoms with van der Waals surface area (Å²) < 4.78 is 3.76. The van der Waals surface area contributed by atoms with E-state index in [1.165, 1.54) is 0 Å². The van der Waals surface area contributed by atoms with Crippen LogP contribution in [0.1, 0.15) is 52.5 Å². The predicted molar refractivity (Wildman–Crippen MR) is 143 cm³/mol. The number of allylic oxidation sites excluding steroid dienone is 2. The molecular formula is C27H34N8O. The summed E-state index contributed by atoms with van der Waals surface area (Å²) in [4.78, 5) is 27.2. The van der Waals surface area contributed by atoms with Gasteiger partial charge in [0.05, 0.1) is 0 Å². The van der Waals surface area contributed by atoms with Crippen LogP contribution in [-0.2, 0) is 17.9 Å². The Hall–Kier alpha value is -4.01. The fourth-order valence-corrected chi connectivity index (χ4v) is 3.65. The molecular weight excluding hydrogens is 452 g/mol. The van der Waals surface area contributed by atoms with Crippen LogP contribution in [0.4, 0.5) is 11.8 Å². The Balaban J connectivity index is 1.77. The van der Waals surface area contributed by atoms with E-state index in [1.54, 1.807) is 10.9 Å². The highest BCUT2D eigenvalue weighted by molar-refractivity contribution is 6.00. The molecule has 0 radical (unpaired) electrons. The second kappa shape index (κ2) is 11.2. The minimum absolute atomic E-state index is 0.142. The number of aryl methyl sites for hydroxylation is 1. The molecule has 0 atom stereocenters. The Bertz CT molecular complexity index is 1320. The maximum atomic E-state index is 12.9. The number of hydrogen-bond donors (Lipinski definition) is 2. The van der Waals surface area contributed by atoms with Crippen LogP contribution in [0.2, 0.25) is 0 Å². The smallest absolute Gasteiger partial charge is 0.233 e. The number of aromatic nitrogens is 6. The molecule has 3 heterocycles. The molecule has 0 unspecified atom stereocenters. The lowest BCUT2D eigenvalue weighted by molar-refractivity contribution is -0.123. The Morgan fingerprint density at radius 1 is 1.06 bits per heavy atom. The lowest BCUT2D eigenvalue weighted by Gasteiger charge is -2.17. The molecule has 0 spiro atoms. The minimum atomic E-state index is -0.589. The number of carbonyl (C=O) groups excluding carboxylic acids is 1. The number of nitrogens with one attached hydrogen (secondary N) is 2. The van der Waals surface area contributed by atoms with E-state index in [9.17, 15) is 4.79 Å². The zero-order chi connectivity index (χ0) is 25.5. The monoisotopic (exact) mass is 486 g/mol. The third-order valence-electron chi connectivity index (χ3n) is 5.65. The number of fused-ring (bicyclic) bond motifs is 1. The fourth-order valence-electron chi connectivity index (χ4n) is 3.65. The second-order valence-electron chi connectivity index (χ2n) is 9.65. The van der Waals surface area contributed by atoms with Crippen molar-refractivity contribution in [1.29, 1.82) is 0 Å². The molecule has 9 nitrogen and oxygen atoms in total. The zero-order valence-corrected chi connectivity index (χ0v) is 21.4. The highest BCUT2D eigenvalue weighted by atomic mass is 16.2. The molecule has 0 saturated carbocycles. The van der Waals surface area contributed by atoms with Gasteiger partial charge in [0.1, 0.15) is 0 Å². The van der Waals surface area contributed by atoms with Crippen molar-refractivity contribution >= 4 is 28.8 Å². The van der Waals surface area contributed by atoms with Gasteiger partial charge in [-0.05, 0) is 30.9 Å². The third kappa shape index (κ3) is 5.97. The van der Waals surface area contributed by atoms with Crippen molar-refractivity contribution < 1.29 is 4.79 Å². The molecule has 9 heteroatoms. The second-order valence-corrected chi connectivity index (χ2v) is 9.65. The molecule has 1 amide bonds. The average molecular weight is 487 g/mol. The van der Waals surface area contributed by atoms with Gasteiger partial charge < -0.3 is 10.6 Å². The van der Waals surface area contributed by atoms with Crippen LogP contribution < -0.4 is 10.6 Å². The molecule has 0 aliphatic heterocycles. The number of nitrogens with zero attached hydrogens (tertiary/aromatic N) is 6. The lowest BCUT2D eigenvalue weighted by Crippen LogP contribution is -2.28. The summed E-state index contributed by atoms with van der Waals surface area (Å²) in [5.41, 5.74) is 1.70. The van der Waals surface area contributed by atoms with Crippen molar-refractivity contribution in [3.05, 3.63) is 66.5 Å². The number of carbonyl (C=O) groups is 1. The highest BCUT2D eigenvalue weighted by Gasteiger charge is 2.25. The Labute approximate surface area is 211 Å². The number of rotatable bonds is 10. The Morgan fingerprint density at radius 2 is 1.86 bits per heavy atom. The SMILES string of the molecule is CCC=CCCCn1c(-n2cccn2)nc2c(NC(=O)C(C)(C)C)nc(NCc3ccccc3)nc21. The summed E-state index contributed by atoms with van der Waals surface area (Å²) in [6, 6.07) is 11.9. The number of anilines is 2. The topological polar surface area (TPSA) is 103 Å². The highest BCUT2D eigenvalue weighted by Crippen LogP contribution is 2.27. The predicted octanol–water partition coefficient (Wildman–Crippen LogP) is 5.36. The molecule has 0 aliphatic carbocycles. The summed E-state index contributed by atoms with van der Waals surface area (Å²) in [7, 11) is 0. The summed E-state index contributed by atoms with van der Waals surface area (Å²) in [6.07, 6.45) is 10.8. The van der Waals surface area contributed by atoms with Gasteiger partial charge >= 0.3 is 0 Å². The summed E-state index contributed by atoms with van der Waals surface area (Å²) in [5, 5.41) is 10.7. The lowest BCUT2D eigenvalue weighted by atomic mass is 9.96. The van der Waals surface area contributed by atoms with Crippen LogP contribution in [0, 0.1) is 5.41 Å². The first-order chi connectivity index (χ1) is 17.4. The van der Waals surface area contributed by atoms with Crippen molar-refractivity contribution in [2.24, 2.45) is 5.41 Å². The van der Waals surface area contributed by atoms with Crippen LogP contribution in [0.15, 0.2) is 60.9 Å². The van der Waals surface area contributed by atoms with Crippen LogP contribution >= 0.6 is 0 Å². The minimum Gasteiger partial charge on any atom is -0.350 e. The van der Waals surface area contributed by atoms with Crippen LogP contribution in [-0.4, -0.2) is 35.2 Å². The fraction of sp³-hybridized carbons (Fsp3) is 0.370. The molecule has 188 valence electrons. The van der Waals surface area contributed by atoms with Crippen LogP contribution in [0.25, 0.3) is 17.1 Å². The quantitative estimate of drug-likeness (QED) is 0.231. The number of benzene rings is 1. The molecule has 0 aliphatic rings. The largest absolute Gasteiger partial charge is 0.350 e. The van der Waals surface area contributed by atoms with E-state index < -0.39 is 5.41 Å². The van der Waals surface area contributed by atoms with Gasteiger partial charge in [-0.3, -0.25) is 9.36 Å². The van der Waals surface area contributed by atoms with Crippen molar-refractivity contribution in [2.45, 2.75) is 60.0 Å². The molecule has 36 heavy (non-hydrogen) atoms. The van der Waals surface area contributed by atoms with Gasteiger partial charge in [0.15, 0.2) is 17.0 Å². The molecule has 4 aromatic rings. The molecule has 4 rings (SSSR count). The van der Waals surface area contributed by atoms with E-state index in [-0.39, 0.29) is 5.91 Å². The maximum Gasteiger partial charge on any atom is 0.233 e. The first-order valence-electron chi connectivity index (χ1n) is 12.4. The zero-order valence-electron chi connectivity index (χ0n) is 21.4. The van der Waals surface area contributed by atoms with Gasteiger partial charge in [0.25, 0.3) is 0 Å². The van der Waals surface area contributed by atoms with E-state index in [0.717, 1.165) is 24.8 Å². The molecule has 3 aromatic heterocycles. The molecule has 0 bridgehead atoms. The average Bonchev–Trinajstić information content (AvgIpc) is 3.51. The van der Waals surface area contributed by atoms with Gasteiger partial charge in [0.2, 0.25) is 17.8 Å². The maximum absolute atomic E-state index is 12.9. The van der Waals surface area contributed by atoms with Crippen molar-refractivity contribution in [3.8, 4) is 5.95 Å². The van der Waals surface area contributed by atoms with E-state index in [1.807, 2.05) is 67.9 Å². The Kier molecular flexibility index (Phi) is 7.77. The number of hydrogen-bond acceptors (Lipinski definition) is 6. The number of imidazole rings is 1. The first kappa shape index (κ1) is 25.1. The Morgan fingerprint density at radius 3 is 2.56 bits per heavy atom. The van der Waals surface area contributed by atoms with Gasteiger partial charge in [-0.1, -0.05) is 70.2 Å². The summed E-state index contributed by atoms with van der Waals surface area (Å²) in [6.45, 7) is 8.99. The third-order valence-corrected chi connectivity index (χ3v) is 5.65. The van der Waals surface area contributed by atoms with Crippen molar-refractivity contribution in [1.82, 2.24) is 29.3 Å². The first-order valence-corrected chi connectivity index (χ1v) is 12.4. The molecule has 1 aromatic carbocycles. The number of amides is 1. The summed E-state index contributed by atoms with van der Waals surface area (Å²) in [5.74, 6) is 1.30. The van der Waals surface area contributed by atoms with Gasteiger partial charge in [0, 0.05) is 30.9 Å².